The first-order chi connectivity index (χ1) is 16.1. The van der Waals surface area contributed by atoms with Crippen molar-refractivity contribution in [1.82, 2.24) is 19.9 Å². The number of amides is 1. The van der Waals surface area contributed by atoms with E-state index in [-0.39, 0.29) is 18.3 Å². The lowest BCUT2D eigenvalue weighted by molar-refractivity contribution is -0.133. The Bertz CT molecular complexity index is 1270. The largest absolute Gasteiger partial charge is 0.484 e. The van der Waals surface area contributed by atoms with Gasteiger partial charge in [0.05, 0.1) is 0 Å². The minimum Gasteiger partial charge on any atom is -0.484 e. The maximum atomic E-state index is 13.3. The van der Waals surface area contributed by atoms with Gasteiger partial charge in [-0.1, -0.05) is 22.9 Å². The van der Waals surface area contributed by atoms with E-state index < -0.39 is 0 Å². The Kier molecular flexibility index (Phi) is 6.06. The Morgan fingerprint density at radius 3 is 2.48 bits per heavy atom. The van der Waals surface area contributed by atoms with E-state index in [0.29, 0.717) is 42.5 Å². The van der Waals surface area contributed by atoms with Crippen molar-refractivity contribution in [3.8, 4) is 16.3 Å². The second kappa shape index (κ2) is 9.29. The zero-order valence-electron chi connectivity index (χ0n) is 17.4. The molecule has 10 heteroatoms. The van der Waals surface area contributed by atoms with Crippen molar-refractivity contribution in [2.75, 3.05) is 37.7 Å². The van der Waals surface area contributed by atoms with E-state index in [1.54, 1.807) is 41.3 Å². The van der Waals surface area contributed by atoms with Crippen LogP contribution in [-0.2, 0) is 4.79 Å². The smallest absolute Gasteiger partial charge is 0.260 e. The number of hydrogen-bond acceptors (Lipinski definition) is 7. The molecule has 1 aliphatic heterocycles. The minimum atomic E-state index is -0.286. The molecule has 0 bridgehead atoms. The molecule has 168 valence electrons. The molecular formula is C23H19ClFN5O2S. The maximum absolute atomic E-state index is 13.3. The lowest BCUT2D eigenvalue weighted by atomic mass is 10.2. The number of nitrogens with zero attached hydrogens (tertiary/aromatic N) is 5. The second-order valence-electron chi connectivity index (χ2n) is 7.49. The van der Waals surface area contributed by atoms with Gasteiger partial charge >= 0.3 is 0 Å². The Morgan fingerprint density at radius 2 is 1.76 bits per heavy atom. The summed E-state index contributed by atoms with van der Waals surface area (Å²) >= 11 is 7.32. The summed E-state index contributed by atoms with van der Waals surface area (Å²) in [6.45, 7) is 2.35. The van der Waals surface area contributed by atoms with Crippen LogP contribution in [0.1, 0.15) is 0 Å². The number of carbonyl (C=O) groups excluding carboxylic acids is 1. The number of halogens is 2. The van der Waals surface area contributed by atoms with Gasteiger partial charge in [-0.05, 0) is 48.5 Å². The summed E-state index contributed by atoms with van der Waals surface area (Å²) in [5.41, 5.74) is 1.55. The molecule has 0 unspecified atom stereocenters. The van der Waals surface area contributed by atoms with Crippen LogP contribution in [0, 0.1) is 5.82 Å². The van der Waals surface area contributed by atoms with Crippen LogP contribution in [0.3, 0.4) is 0 Å². The first-order valence-corrected chi connectivity index (χ1v) is 11.5. The maximum Gasteiger partial charge on any atom is 0.260 e. The molecule has 0 aliphatic carbocycles. The minimum absolute atomic E-state index is 0.0213. The molecule has 0 N–H and O–H groups in total. The third kappa shape index (κ3) is 4.74. The van der Waals surface area contributed by atoms with Gasteiger partial charge in [0.15, 0.2) is 12.4 Å². The van der Waals surface area contributed by atoms with Gasteiger partial charge in [0.25, 0.3) is 5.91 Å². The predicted molar refractivity (Wildman–Crippen MR) is 126 cm³/mol. The number of anilines is 1. The molecule has 7 nitrogen and oxygen atoms in total. The Hall–Kier alpha value is -3.30. The number of hydrogen-bond donors (Lipinski definition) is 0. The fourth-order valence-corrected chi connectivity index (χ4v) is 4.66. The van der Waals surface area contributed by atoms with E-state index in [2.05, 4.69) is 14.9 Å². The van der Waals surface area contributed by atoms with Gasteiger partial charge < -0.3 is 14.5 Å². The fourth-order valence-electron chi connectivity index (χ4n) is 3.62. The number of ether oxygens (including phenoxy) is 1. The van der Waals surface area contributed by atoms with Gasteiger partial charge in [0, 0.05) is 36.8 Å². The molecule has 1 amide bonds. The molecule has 33 heavy (non-hydrogen) atoms. The number of carbonyl (C=O) groups is 1. The molecule has 2 aromatic carbocycles. The number of piperazine rings is 1. The predicted octanol–water partition coefficient (Wildman–Crippen LogP) is 4.27. The summed E-state index contributed by atoms with van der Waals surface area (Å²) in [6, 6.07) is 13.2. The van der Waals surface area contributed by atoms with E-state index >= 15 is 0 Å². The summed E-state index contributed by atoms with van der Waals surface area (Å²) in [5, 5.41) is 1.38. The average molecular weight is 484 g/mol. The first kappa shape index (κ1) is 21.5. The fraction of sp³-hybridized carbons (Fsp3) is 0.217. The summed E-state index contributed by atoms with van der Waals surface area (Å²) in [4.78, 5) is 30.8. The van der Waals surface area contributed by atoms with Crippen molar-refractivity contribution in [3.63, 3.8) is 0 Å². The number of benzene rings is 2. The van der Waals surface area contributed by atoms with E-state index in [4.69, 9.17) is 21.3 Å². The number of rotatable bonds is 5. The summed E-state index contributed by atoms with van der Waals surface area (Å²) in [6.07, 6.45) is 1.53. The third-order valence-electron chi connectivity index (χ3n) is 5.38. The summed E-state index contributed by atoms with van der Waals surface area (Å²) < 4.78 is 18.8. The highest BCUT2D eigenvalue weighted by Gasteiger charge is 2.24. The zero-order valence-corrected chi connectivity index (χ0v) is 19.0. The first-order valence-electron chi connectivity index (χ1n) is 10.4. The van der Waals surface area contributed by atoms with Gasteiger partial charge in [-0.15, -0.1) is 0 Å². The Balaban J connectivity index is 1.25. The third-order valence-corrected chi connectivity index (χ3v) is 6.64. The van der Waals surface area contributed by atoms with Crippen LogP contribution in [0.15, 0.2) is 54.9 Å². The zero-order chi connectivity index (χ0) is 22.8. The van der Waals surface area contributed by atoms with E-state index in [1.165, 1.54) is 29.8 Å². The molecule has 1 fully saturated rings. The van der Waals surface area contributed by atoms with Gasteiger partial charge in [-0.2, -0.15) is 0 Å². The summed E-state index contributed by atoms with van der Waals surface area (Å²) in [7, 11) is 0. The molecule has 0 atom stereocenters. The van der Waals surface area contributed by atoms with Crippen molar-refractivity contribution in [2.45, 2.75) is 0 Å². The number of thiazole rings is 1. The molecular weight excluding hydrogens is 465 g/mol. The lowest BCUT2D eigenvalue weighted by Crippen LogP contribution is -2.50. The molecule has 5 rings (SSSR count). The molecule has 0 radical (unpaired) electrons. The van der Waals surface area contributed by atoms with Crippen molar-refractivity contribution in [3.05, 3.63) is 65.7 Å². The van der Waals surface area contributed by atoms with E-state index in [9.17, 15) is 9.18 Å². The number of fused-ring (bicyclic) bond motifs is 1. The van der Waals surface area contributed by atoms with Crippen LogP contribution in [0.2, 0.25) is 5.02 Å². The summed E-state index contributed by atoms with van der Waals surface area (Å²) in [5.74, 6) is 1.00. The van der Waals surface area contributed by atoms with Crippen LogP contribution >= 0.6 is 22.9 Å². The topological polar surface area (TPSA) is 71.5 Å². The van der Waals surface area contributed by atoms with Crippen LogP contribution in [-0.4, -0.2) is 58.5 Å². The van der Waals surface area contributed by atoms with Gasteiger partial charge in [0.1, 0.15) is 33.2 Å². The van der Waals surface area contributed by atoms with Crippen molar-refractivity contribution in [1.29, 1.82) is 0 Å². The van der Waals surface area contributed by atoms with Crippen LogP contribution < -0.4 is 9.64 Å². The molecule has 0 saturated carbocycles. The number of aromatic nitrogens is 3. The lowest BCUT2D eigenvalue weighted by Gasteiger charge is -2.35. The van der Waals surface area contributed by atoms with Crippen molar-refractivity contribution >= 4 is 45.0 Å². The standard InChI is InChI=1S/C23H19ClFN5O2S/c24-16-3-7-18(8-4-16)32-13-19(31)29-9-11-30(12-10-29)21-20-23(27-14-26-21)33-22(28-20)15-1-5-17(25)6-2-15/h1-8,14H,9-13H2. The SMILES string of the molecule is O=C(COc1ccc(Cl)cc1)N1CCN(c2ncnc3sc(-c4ccc(F)cc4)nc23)CC1. The Morgan fingerprint density at radius 1 is 1.03 bits per heavy atom. The molecule has 0 spiro atoms. The highest BCUT2D eigenvalue weighted by molar-refractivity contribution is 7.21. The average Bonchev–Trinajstić information content (AvgIpc) is 3.28. The van der Waals surface area contributed by atoms with Crippen LogP contribution in [0.4, 0.5) is 10.2 Å². The Labute approximate surface area is 198 Å². The molecule has 1 saturated heterocycles. The van der Waals surface area contributed by atoms with E-state index in [1.807, 2.05) is 0 Å². The van der Waals surface area contributed by atoms with Gasteiger partial charge in [0.2, 0.25) is 0 Å². The van der Waals surface area contributed by atoms with Gasteiger partial charge in [-0.3, -0.25) is 4.79 Å². The van der Waals surface area contributed by atoms with Crippen molar-refractivity contribution < 1.29 is 13.9 Å². The van der Waals surface area contributed by atoms with Gasteiger partial charge in [-0.25, -0.2) is 19.3 Å². The quantitative estimate of drug-likeness (QED) is 0.422. The molecule has 1 aliphatic rings. The molecule has 2 aromatic heterocycles. The highest BCUT2D eigenvalue weighted by Crippen LogP contribution is 2.33. The van der Waals surface area contributed by atoms with Crippen LogP contribution in [0.25, 0.3) is 20.9 Å². The highest BCUT2D eigenvalue weighted by atomic mass is 35.5. The molecule has 4 aromatic rings. The van der Waals surface area contributed by atoms with Crippen LogP contribution in [0.5, 0.6) is 5.75 Å². The second-order valence-corrected chi connectivity index (χ2v) is 8.90. The molecule has 3 heterocycles. The monoisotopic (exact) mass is 483 g/mol. The van der Waals surface area contributed by atoms with E-state index in [0.717, 1.165) is 21.2 Å². The van der Waals surface area contributed by atoms with Crippen molar-refractivity contribution in [2.24, 2.45) is 0 Å². The normalized spacial score (nSPS) is 14.0.